The highest BCUT2D eigenvalue weighted by Crippen LogP contribution is 2.30. The molecule has 1 amide bonds. The smallest absolute Gasteiger partial charge is 0.278 e. The molecule has 170 valence electrons. The third kappa shape index (κ3) is 5.01. The maximum atomic E-state index is 13.1. The second-order valence-electron chi connectivity index (χ2n) is 7.36. The standard InChI is InChI=1S/C24H30N4O4/c1-6-10-17(7-2)32-21-12-9-8-11-19(21)25-24(29)23-16(3)28(27-26-23)20-15-18(30-4)13-14-22(20)31-5/h8-9,11-15,17H,6-7,10H2,1-5H3,(H,25,29)/t17-/m0/s1. The maximum Gasteiger partial charge on any atom is 0.278 e. The van der Waals surface area contributed by atoms with Gasteiger partial charge in [0.05, 0.1) is 31.7 Å². The number of benzene rings is 2. The minimum Gasteiger partial charge on any atom is -0.497 e. The third-order valence-corrected chi connectivity index (χ3v) is 5.22. The highest BCUT2D eigenvalue weighted by atomic mass is 16.5. The molecule has 0 bridgehead atoms. The van der Waals surface area contributed by atoms with Crippen molar-refractivity contribution in [2.75, 3.05) is 19.5 Å². The van der Waals surface area contributed by atoms with Crippen molar-refractivity contribution in [2.24, 2.45) is 0 Å². The molecule has 1 heterocycles. The number of anilines is 1. The Kier molecular flexibility index (Phi) is 7.70. The summed E-state index contributed by atoms with van der Waals surface area (Å²) >= 11 is 0. The van der Waals surface area contributed by atoms with Gasteiger partial charge in [-0.1, -0.05) is 37.6 Å². The van der Waals surface area contributed by atoms with Gasteiger partial charge in [0.15, 0.2) is 5.69 Å². The summed E-state index contributed by atoms with van der Waals surface area (Å²) in [6.45, 7) is 6.00. The van der Waals surface area contributed by atoms with E-state index in [4.69, 9.17) is 14.2 Å². The number of nitrogens with zero attached hydrogens (tertiary/aromatic N) is 3. The van der Waals surface area contributed by atoms with Crippen LogP contribution in [0, 0.1) is 6.92 Å². The van der Waals surface area contributed by atoms with E-state index < -0.39 is 0 Å². The Bertz CT molecular complexity index is 1060. The average molecular weight is 439 g/mol. The van der Waals surface area contributed by atoms with Crippen molar-refractivity contribution in [2.45, 2.75) is 46.1 Å². The number of rotatable bonds is 10. The molecule has 2 aromatic carbocycles. The van der Waals surface area contributed by atoms with Crippen molar-refractivity contribution in [1.82, 2.24) is 15.0 Å². The summed E-state index contributed by atoms with van der Waals surface area (Å²) < 4.78 is 18.5. The predicted octanol–water partition coefficient (Wildman–Crippen LogP) is 4.80. The highest BCUT2D eigenvalue weighted by molar-refractivity contribution is 6.04. The number of carbonyl (C=O) groups is 1. The van der Waals surface area contributed by atoms with Crippen molar-refractivity contribution in [1.29, 1.82) is 0 Å². The van der Waals surface area contributed by atoms with Gasteiger partial charge in [-0.15, -0.1) is 5.10 Å². The highest BCUT2D eigenvalue weighted by Gasteiger charge is 2.21. The lowest BCUT2D eigenvalue weighted by Gasteiger charge is -2.19. The molecule has 3 aromatic rings. The minimum atomic E-state index is -0.366. The van der Waals surface area contributed by atoms with Crippen LogP contribution in [0.3, 0.4) is 0 Å². The lowest BCUT2D eigenvalue weighted by atomic mass is 10.1. The third-order valence-electron chi connectivity index (χ3n) is 5.22. The van der Waals surface area contributed by atoms with Crippen LogP contribution in [-0.2, 0) is 0 Å². The Balaban J connectivity index is 1.87. The first kappa shape index (κ1) is 23.1. The van der Waals surface area contributed by atoms with Gasteiger partial charge in [-0.05, 0) is 44.0 Å². The number of ether oxygens (including phenoxy) is 3. The molecule has 0 radical (unpaired) electrons. The molecule has 0 saturated carbocycles. The zero-order valence-corrected chi connectivity index (χ0v) is 19.2. The number of aromatic nitrogens is 3. The molecule has 0 aliphatic rings. The van der Waals surface area contributed by atoms with Gasteiger partial charge >= 0.3 is 0 Å². The number of carbonyl (C=O) groups excluding carboxylic acids is 1. The molecule has 0 spiro atoms. The van der Waals surface area contributed by atoms with Gasteiger partial charge in [-0.2, -0.15) is 0 Å². The van der Waals surface area contributed by atoms with Gasteiger partial charge in [0.2, 0.25) is 0 Å². The van der Waals surface area contributed by atoms with Crippen LogP contribution in [0.1, 0.15) is 49.3 Å². The molecule has 0 aliphatic carbocycles. The fourth-order valence-corrected chi connectivity index (χ4v) is 3.43. The summed E-state index contributed by atoms with van der Waals surface area (Å²) in [5.41, 5.74) is 2.01. The van der Waals surface area contributed by atoms with Crippen molar-refractivity contribution >= 4 is 11.6 Å². The molecule has 8 nitrogen and oxygen atoms in total. The van der Waals surface area contributed by atoms with E-state index in [9.17, 15) is 4.79 Å². The van der Waals surface area contributed by atoms with Crippen LogP contribution in [-0.4, -0.2) is 41.2 Å². The van der Waals surface area contributed by atoms with Crippen molar-refractivity contribution < 1.29 is 19.0 Å². The van der Waals surface area contributed by atoms with Gasteiger partial charge in [0, 0.05) is 6.07 Å². The molecule has 0 saturated heterocycles. The topological polar surface area (TPSA) is 87.5 Å². The van der Waals surface area contributed by atoms with Crippen molar-refractivity contribution in [3.8, 4) is 22.9 Å². The monoisotopic (exact) mass is 438 g/mol. The van der Waals surface area contributed by atoms with E-state index >= 15 is 0 Å². The fourth-order valence-electron chi connectivity index (χ4n) is 3.43. The second-order valence-corrected chi connectivity index (χ2v) is 7.36. The Hall–Kier alpha value is -3.55. The van der Waals surface area contributed by atoms with E-state index in [0.29, 0.717) is 34.3 Å². The first-order valence-electron chi connectivity index (χ1n) is 10.7. The van der Waals surface area contributed by atoms with E-state index in [-0.39, 0.29) is 17.7 Å². The number of methoxy groups -OCH3 is 2. The zero-order valence-electron chi connectivity index (χ0n) is 19.2. The molecular weight excluding hydrogens is 408 g/mol. The number of nitrogens with one attached hydrogen (secondary N) is 1. The normalized spacial score (nSPS) is 11.7. The number of para-hydroxylation sites is 2. The number of hydrogen-bond acceptors (Lipinski definition) is 6. The average Bonchev–Trinajstić information content (AvgIpc) is 3.20. The maximum absolute atomic E-state index is 13.1. The Labute approximate surface area is 188 Å². The molecule has 32 heavy (non-hydrogen) atoms. The fraction of sp³-hybridized carbons (Fsp3) is 0.375. The lowest BCUT2D eigenvalue weighted by molar-refractivity contribution is 0.102. The van der Waals surface area contributed by atoms with Crippen LogP contribution < -0.4 is 19.5 Å². The van der Waals surface area contributed by atoms with E-state index in [1.54, 1.807) is 44.0 Å². The Morgan fingerprint density at radius 3 is 2.56 bits per heavy atom. The Morgan fingerprint density at radius 1 is 1.09 bits per heavy atom. The summed E-state index contributed by atoms with van der Waals surface area (Å²) in [5, 5.41) is 11.2. The van der Waals surface area contributed by atoms with E-state index in [2.05, 4.69) is 29.5 Å². The summed E-state index contributed by atoms with van der Waals surface area (Å²) in [4.78, 5) is 13.1. The van der Waals surface area contributed by atoms with Crippen LogP contribution >= 0.6 is 0 Å². The largest absolute Gasteiger partial charge is 0.497 e. The molecule has 0 fully saturated rings. The molecule has 1 aromatic heterocycles. The molecule has 3 rings (SSSR count). The van der Waals surface area contributed by atoms with Gasteiger partial charge in [-0.3, -0.25) is 4.79 Å². The van der Waals surface area contributed by atoms with E-state index in [1.807, 2.05) is 24.3 Å². The molecule has 1 atom stereocenters. The van der Waals surface area contributed by atoms with Crippen LogP contribution in [0.5, 0.6) is 17.2 Å². The second kappa shape index (κ2) is 10.7. The van der Waals surface area contributed by atoms with Gasteiger partial charge in [0.25, 0.3) is 5.91 Å². The van der Waals surface area contributed by atoms with E-state index in [1.165, 1.54) is 0 Å². The first-order valence-corrected chi connectivity index (χ1v) is 10.7. The summed E-state index contributed by atoms with van der Waals surface area (Å²) in [6.07, 6.45) is 2.98. The molecule has 1 N–H and O–H groups in total. The van der Waals surface area contributed by atoms with Crippen LogP contribution in [0.2, 0.25) is 0 Å². The summed E-state index contributed by atoms with van der Waals surface area (Å²) in [5.74, 6) is 1.51. The zero-order chi connectivity index (χ0) is 23.1. The molecule has 0 unspecified atom stereocenters. The predicted molar refractivity (Wildman–Crippen MR) is 123 cm³/mol. The van der Waals surface area contributed by atoms with E-state index in [0.717, 1.165) is 19.3 Å². The van der Waals surface area contributed by atoms with Gasteiger partial charge < -0.3 is 19.5 Å². The van der Waals surface area contributed by atoms with Gasteiger partial charge in [0.1, 0.15) is 22.9 Å². The lowest BCUT2D eigenvalue weighted by Crippen LogP contribution is -2.18. The van der Waals surface area contributed by atoms with Crippen molar-refractivity contribution in [3.63, 3.8) is 0 Å². The SMILES string of the molecule is CCC[C@H](CC)Oc1ccccc1NC(=O)c1nnn(-c2cc(OC)ccc2OC)c1C. The summed E-state index contributed by atoms with van der Waals surface area (Å²) in [6, 6.07) is 12.8. The van der Waals surface area contributed by atoms with Crippen LogP contribution in [0.4, 0.5) is 5.69 Å². The molecule has 0 aliphatic heterocycles. The number of amides is 1. The van der Waals surface area contributed by atoms with Crippen LogP contribution in [0.25, 0.3) is 5.69 Å². The number of hydrogen-bond donors (Lipinski definition) is 1. The minimum absolute atomic E-state index is 0.0983. The van der Waals surface area contributed by atoms with Crippen molar-refractivity contribution in [3.05, 3.63) is 53.9 Å². The quantitative estimate of drug-likeness (QED) is 0.489. The van der Waals surface area contributed by atoms with Gasteiger partial charge in [-0.25, -0.2) is 4.68 Å². The Morgan fingerprint density at radius 2 is 1.88 bits per heavy atom. The summed E-state index contributed by atoms with van der Waals surface area (Å²) in [7, 11) is 3.16. The first-order chi connectivity index (χ1) is 15.5. The molecule has 8 heteroatoms. The molecular formula is C24H30N4O4. The van der Waals surface area contributed by atoms with Crippen LogP contribution in [0.15, 0.2) is 42.5 Å².